The van der Waals surface area contributed by atoms with Gasteiger partial charge in [0, 0.05) is 18.2 Å². The lowest BCUT2D eigenvalue weighted by atomic mass is 9.86. The van der Waals surface area contributed by atoms with E-state index < -0.39 is 0 Å². The number of nitrogens with zero attached hydrogens (tertiary/aromatic N) is 3. The third-order valence-electron chi connectivity index (χ3n) is 4.93. The van der Waals surface area contributed by atoms with Crippen molar-refractivity contribution in [2.24, 2.45) is 5.92 Å². The monoisotopic (exact) mass is 335 g/mol. The Hall–Kier alpha value is -2.58. The molecule has 1 atom stereocenters. The fourth-order valence-corrected chi connectivity index (χ4v) is 3.46. The Morgan fingerprint density at radius 1 is 1.00 bits per heavy atom. The number of fused-ring (bicyclic) bond motifs is 3. The van der Waals surface area contributed by atoms with Crippen LogP contribution in [0.4, 0.5) is 0 Å². The Labute approximate surface area is 148 Å². The van der Waals surface area contributed by atoms with Gasteiger partial charge in [0.05, 0.1) is 7.11 Å². The molecule has 0 saturated carbocycles. The summed E-state index contributed by atoms with van der Waals surface area (Å²) in [6, 6.07) is 11.3. The molecule has 3 saturated heterocycles. The van der Waals surface area contributed by atoms with E-state index in [1.807, 2.05) is 36.4 Å². The second-order valence-corrected chi connectivity index (χ2v) is 6.53. The summed E-state index contributed by atoms with van der Waals surface area (Å²) < 4.78 is 11.2. The van der Waals surface area contributed by atoms with Crippen molar-refractivity contribution in [1.82, 2.24) is 15.1 Å². The number of hydrogen-bond acceptors (Lipinski definition) is 5. The molecule has 1 aromatic carbocycles. The van der Waals surface area contributed by atoms with Crippen LogP contribution in [0.15, 0.2) is 36.4 Å². The van der Waals surface area contributed by atoms with Gasteiger partial charge in [0.15, 0.2) is 0 Å². The van der Waals surface area contributed by atoms with Crippen LogP contribution in [0.2, 0.25) is 0 Å². The van der Waals surface area contributed by atoms with E-state index in [4.69, 9.17) is 9.47 Å². The smallest absolute Gasteiger partial charge is 0.233 e. The van der Waals surface area contributed by atoms with E-state index in [9.17, 15) is 0 Å². The molecular weight excluding hydrogens is 314 g/mol. The number of piperidine rings is 3. The fourth-order valence-electron chi connectivity index (χ4n) is 3.46. The highest BCUT2D eigenvalue weighted by atomic mass is 16.5. The van der Waals surface area contributed by atoms with Gasteiger partial charge in [-0.1, -0.05) is 5.92 Å². The van der Waals surface area contributed by atoms with Crippen molar-refractivity contribution >= 4 is 0 Å². The minimum Gasteiger partial charge on any atom is -0.497 e. The highest BCUT2D eigenvalue weighted by molar-refractivity contribution is 5.42. The Balaban J connectivity index is 1.39. The molecule has 5 nitrogen and oxygen atoms in total. The van der Waals surface area contributed by atoms with Crippen LogP contribution < -0.4 is 9.47 Å². The molecule has 2 aromatic rings. The standard InChI is InChI=1S/C20H21N3O2/c1-24-18-7-3-15(4-8-18)2-5-17-6-9-20(22-21-17)25-19-14-23-12-10-16(19)11-13-23/h3-4,6-9,16,19H,10-14H2,1H3. The predicted octanol–water partition coefficient (Wildman–Crippen LogP) is 2.36. The first-order valence-corrected chi connectivity index (χ1v) is 8.69. The van der Waals surface area contributed by atoms with Crippen LogP contribution in [0.5, 0.6) is 11.6 Å². The zero-order chi connectivity index (χ0) is 17.1. The lowest BCUT2D eigenvalue weighted by Crippen LogP contribution is -2.52. The quantitative estimate of drug-likeness (QED) is 0.806. The molecule has 5 heteroatoms. The van der Waals surface area contributed by atoms with Crippen molar-refractivity contribution in [2.45, 2.75) is 18.9 Å². The highest BCUT2D eigenvalue weighted by Gasteiger charge is 2.35. The van der Waals surface area contributed by atoms with Crippen LogP contribution in [0.25, 0.3) is 0 Å². The van der Waals surface area contributed by atoms with E-state index in [0.717, 1.165) is 17.9 Å². The fraction of sp³-hybridized carbons (Fsp3) is 0.400. The molecule has 3 aliphatic rings. The number of hydrogen-bond donors (Lipinski definition) is 0. The topological polar surface area (TPSA) is 47.5 Å². The molecule has 0 N–H and O–H groups in total. The highest BCUT2D eigenvalue weighted by Crippen LogP contribution is 2.29. The van der Waals surface area contributed by atoms with Gasteiger partial charge in [0.1, 0.15) is 17.5 Å². The van der Waals surface area contributed by atoms with Crippen molar-refractivity contribution in [3.8, 4) is 23.5 Å². The molecule has 128 valence electrons. The number of ether oxygens (including phenoxy) is 2. The molecule has 3 fully saturated rings. The maximum Gasteiger partial charge on any atom is 0.233 e. The summed E-state index contributed by atoms with van der Waals surface area (Å²) in [6.07, 6.45) is 2.69. The summed E-state index contributed by atoms with van der Waals surface area (Å²) in [5.74, 6) is 8.17. The van der Waals surface area contributed by atoms with E-state index >= 15 is 0 Å². The van der Waals surface area contributed by atoms with E-state index in [1.165, 1.54) is 25.9 Å². The molecule has 25 heavy (non-hydrogen) atoms. The lowest BCUT2D eigenvalue weighted by Gasteiger charge is -2.44. The Bertz CT molecular complexity index is 769. The van der Waals surface area contributed by atoms with Gasteiger partial charge in [-0.05, 0) is 68.1 Å². The summed E-state index contributed by atoms with van der Waals surface area (Å²) in [5, 5.41) is 8.35. The molecule has 4 heterocycles. The normalized spacial score (nSPS) is 24.3. The maximum absolute atomic E-state index is 6.06. The molecular formula is C20H21N3O2. The van der Waals surface area contributed by atoms with Crippen LogP contribution in [0.1, 0.15) is 24.1 Å². The number of aromatic nitrogens is 2. The summed E-state index contributed by atoms with van der Waals surface area (Å²) in [4.78, 5) is 2.47. The number of benzene rings is 1. The van der Waals surface area contributed by atoms with Gasteiger partial charge in [-0.2, -0.15) is 0 Å². The van der Waals surface area contributed by atoms with E-state index in [2.05, 4.69) is 26.9 Å². The lowest BCUT2D eigenvalue weighted by molar-refractivity contribution is -0.0104. The zero-order valence-corrected chi connectivity index (χ0v) is 14.3. The maximum atomic E-state index is 6.06. The van der Waals surface area contributed by atoms with Gasteiger partial charge in [0.2, 0.25) is 5.88 Å². The summed E-state index contributed by atoms with van der Waals surface area (Å²) in [5.41, 5.74) is 1.55. The van der Waals surface area contributed by atoms with Gasteiger partial charge in [-0.15, -0.1) is 10.2 Å². The molecule has 0 aliphatic carbocycles. The van der Waals surface area contributed by atoms with Crippen molar-refractivity contribution in [2.75, 3.05) is 26.7 Å². The first-order valence-electron chi connectivity index (χ1n) is 8.69. The third-order valence-corrected chi connectivity index (χ3v) is 4.93. The van der Waals surface area contributed by atoms with Crippen LogP contribution in [0, 0.1) is 17.8 Å². The molecule has 0 spiro atoms. The SMILES string of the molecule is COc1ccc(C#Cc2ccc(OC3CN4CCC3CC4)nn2)cc1. The van der Waals surface area contributed by atoms with E-state index in [0.29, 0.717) is 17.5 Å². The molecule has 5 rings (SSSR count). The van der Waals surface area contributed by atoms with Crippen molar-refractivity contribution in [3.63, 3.8) is 0 Å². The third kappa shape index (κ3) is 3.75. The summed E-state index contributed by atoms with van der Waals surface area (Å²) >= 11 is 0. The first kappa shape index (κ1) is 15.9. The van der Waals surface area contributed by atoms with E-state index in [-0.39, 0.29) is 6.10 Å². The largest absolute Gasteiger partial charge is 0.497 e. The van der Waals surface area contributed by atoms with E-state index in [1.54, 1.807) is 7.11 Å². The van der Waals surface area contributed by atoms with Crippen LogP contribution in [0.3, 0.4) is 0 Å². The molecule has 2 bridgehead atoms. The average Bonchev–Trinajstić information content (AvgIpc) is 2.69. The molecule has 3 aliphatic heterocycles. The Kier molecular flexibility index (Phi) is 4.53. The average molecular weight is 335 g/mol. The number of methoxy groups -OCH3 is 1. The van der Waals surface area contributed by atoms with Gasteiger partial charge in [0.25, 0.3) is 0 Å². The van der Waals surface area contributed by atoms with Crippen LogP contribution in [-0.4, -0.2) is 47.9 Å². The van der Waals surface area contributed by atoms with Crippen LogP contribution in [-0.2, 0) is 0 Å². The summed E-state index contributed by atoms with van der Waals surface area (Å²) in [6.45, 7) is 3.41. The first-order chi connectivity index (χ1) is 12.3. The number of rotatable bonds is 3. The Morgan fingerprint density at radius 2 is 1.80 bits per heavy atom. The Morgan fingerprint density at radius 3 is 2.40 bits per heavy atom. The minimum absolute atomic E-state index is 0.244. The predicted molar refractivity (Wildman–Crippen MR) is 94.6 cm³/mol. The van der Waals surface area contributed by atoms with Gasteiger partial charge >= 0.3 is 0 Å². The molecule has 0 amide bonds. The van der Waals surface area contributed by atoms with Crippen molar-refractivity contribution < 1.29 is 9.47 Å². The molecule has 1 aromatic heterocycles. The van der Waals surface area contributed by atoms with Crippen molar-refractivity contribution in [1.29, 1.82) is 0 Å². The molecule has 0 radical (unpaired) electrons. The van der Waals surface area contributed by atoms with Crippen molar-refractivity contribution in [3.05, 3.63) is 47.7 Å². The second kappa shape index (κ2) is 7.12. The van der Waals surface area contributed by atoms with Crippen LogP contribution >= 0.6 is 0 Å². The van der Waals surface area contributed by atoms with Gasteiger partial charge in [-0.25, -0.2) is 0 Å². The molecule has 1 unspecified atom stereocenters. The van der Waals surface area contributed by atoms with Gasteiger partial charge < -0.3 is 9.47 Å². The van der Waals surface area contributed by atoms with Gasteiger partial charge in [-0.3, -0.25) is 4.90 Å². The second-order valence-electron chi connectivity index (χ2n) is 6.53. The zero-order valence-electron chi connectivity index (χ0n) is 14.3. The summed E-state index contributed by atoms with van der Waals surface area (Å²) in [7, 11) is 1.65. The minimum atomic E-state index is 0.244.